The Bertz CT molecular complexity index is 687. The summed E-state index contributed by atoms with van der Waals surface area (Å²) in [5.74, 6) is 1.17. The first-order valence-electron chi connectivity index (χ1n) is 6.78. The standard InChI is InChI=1S/C16H16N4/c1-11-7-13-5-3-4-6-15(13)20(10-11)16-18-12(2)8-14(9-17)19-16/h3-6,8,11H,7,10H2,1-2H3. The first-order chi connectivity index (χ1) is 9.67. The van der Waals surface area contributed by atoms with Crippen molar-refractivity contribution in [1.82, 2.24) is 9.97 Å². The van der Waals surface area contributed by atoms with Gasteiger partial charge in [0.15, 0.2) is 0 Å². The number of aryl methyl sites for hydroxylation is 1. The van der Waals surface area contributed by atoms with E-state index in [-0.39, 0.29) is 0 Å². The van der Waals surface area contributed by atoms with Gasteiger partial charge in [0.1, 0.15) is 11.8 Å². The molecule has 1 atom stereocenters. The van der Waals surface area contributed by atoms with Crippen LogP contribution in [0.25, 0.3) is 0 Å². The fourth-order valence-electron chi connectivity index (χ4n) is 2.72. The molecular formula is C16H16N4. The fraction of sp³-hybridized carbons (Fsp3) is 0.312. The number of benzene rings is 1. The molecule has 1 aliphatic rings. The molecule has 0 aliphatic carbocycles. The maximum Gasteiger partial charge on any atom is 0.231 e. The number of hydrogen-bond acceptors (Lipinski definition) is 4. The minimum absolute atomic E-state index is 0.420. The van der Waals surface area contributed by atoms with Crippen LogP contribution in [0, 0.1) is 24.2 Å². The van der Waals surface area contributed by atoms with Crippen molar-refractivity contribution in [3.05, 3.63) is 47.3 Å². The topological polar surface area (TPSA) is 52.8 Å². The van der Waals surface area contributed by atoms with Crippen molar-refractivity contribution in [1.29, 1.82) is 5.26 Å². The number of hydrogen-bond donors (Lipinski definition) is 0. The summed E-state index contributed by atoms with van der Waals surface area (Å²) in [6.07, 6.45) is 1.07. The number of nitriles is 1. The quantitative estimate of drug-likeness (QED) is 0.794. The molecule has 0 radical (unpaired) electrons. The van der Waals surface area contributed by atoms with Crippen molar-refractivity contribution >= 4 is 11.6 Å². The second-order valence-electron chi connectivity index (χ2n) is 5.35. The third-order valence-corrected chi connectivity index (χ3v) is 3.54. The van der Waals surface area contributed by atoms with Crippen LogP contribution in [0.15, 0.2) is 30.3 Å². The van der Waals surface area contributed by atoms with Gasteiger partial charge in [0.25, 0.3) is 0 Å². The molecule has 0 bridgehead atoms. The molecule has 0 saturated heterocycles. The Balaban J connectivity index is 2.11. The number of para-hydroxylation sites is 1. The van der Waals surface area contributed by atoms with Crippen molar-refractivity contribution < 1.29 is 0 Å². The lowest BCUT2D eigenvalue weighted by atomic mass is 9.94. The number of fused-ring (bicyclic) bond motifs is 1. The Labute approximate surface area is 118 Å². The molecule has 0 N–H and O–H groups in total. The molecule has 1 aromatic carbocycles. The van der Waals surface area contributed by atoms with Crippen molar-refractivity contribution in [2.45, 2.75) is 20.3 Å². The van der Waals surface area contributed by atoms with E-state index < -0.39 is 0 Å². The summed E-state index contributed by atoms with van der Waals surface area (Å²) in [7, 11) is 0. The van der Waals surface area contributed by atoms with Gasteiger partial charge in [-0.25, -0.2) is 9.97 Å². The molecule has 20 heavy (non-hydrogen) atoms. The molecule has 4 heteroatoms. The summed E-state index contributed by atoms with van der Waals surface area (Å²) in [4.78, 5) is 11.0. The lowest BCUT2D eigenvalue weighted by Crippen LogP contribution is -2.31. The highest BCUT2D eigenvalue weighted by Crippen LogP contribution is 2.33. The Kier molecular flexibility index (Phi) is 3.11. The first-order valence-corrected chi connectivity index (χ1v) is 6.78. The predicted octanol–water partition coefficient (Wildman–Crippen LogP) is 2.99. The van der Waals surface area contributed by atoms with Crippen molar-refractivity contribution in [2.75, 3.05) is 11.4 Å². The van der Waals surface area contributed by atoms with Crippen molar-refractivity contribution in [3.8, 4) is 6.07 Å². The summed E-state index contributed by atoms with van der Waals surface area (Å²) in [5, 5.41) is 9.07. The average Bonchev–Trinajstić information content (AvgIpc) is 2.45. The number of anilines is 2. The highest BCUT2D eigenvalue weighted by Gasteiger charge is 2.24. The minimum Gasteiger partial charge on any atom is -0.310 e. The zero-order valence-electron chi connectivity index (χ0n) is 11.7. The van der Waals surface area contributed by atoms with E-state index >= 15 is 0 Å². The number of nitrogens with zero attached hydrogens (tertiary/aromatic N) is 4. The zero-order chi connectivity index (χ0) is 14.1. The van der Waals surface area contributed by atoms with Gasteiger partial charge < -0.3 is 4.90 Å². The van der Waals surface area contributed by atoms with Crippen LogP contribution in [0.4, 0.5) is 11.6 Å². The molecule has 0 fully saturated rings. The van der Waals surface area contributed by atoms with Gasteiger partial charge in [-0.1, -0.05) is 25.1 Å². The summed E-state index contributed by atoms with van der Waals surface area (Å²) in [6.45, 7) is 5.00. The second-order valence-corrected chi connectivity index (χ2v) is 5.35. The molecule has 100 valence electrons. The molecule has 0 amide bonds. The Morgan fingerprint density at radius 1 is 1.30 bits per heavy atom. The van der Waals surface area contributed by atoms with Crippen LogP contribution in [-0.2, 0) is 6.42 Å². The van der Waals surface area contributed by atoms with Gasteiger partial charge >= 0.3 is 0 Å². The van der Waals surface area contributed by atoms with Crippen LogP contribution in [0.5, 0.6) is 0 Å². The minimum atomic E-state index is 0.420. The molecule has 2 heterocycles. The molecule has 4 nitrogen and oxygen atoms in total. The molecule has 2 aromatic rings. The molecule has 0 spiro atoms. The van der Waals surface area contributed by atoms with E-state index in [9.17, 15) is 0 Å². The smallest absolute Gasteiger partial charge is 0.231 e. The van der Waals surface area contributed by atoms with Gasteiger partial charge in [0.05, 0.1) is 0 Å². The molecule has 1 unspecified atom stereocenters. The summed E-state index contributed by atoms with van der Waals surface area (Å²) in [6, 6.07) is 12.2. The third-order valence-electron chi connectivity index (χ3n) is 3.54. The maximum atomic E-state index is 9.07. The largest absolute Gasteiger partial charge is 0.310 e. The summed E-state index contributed by atoms with van der Waals surface area (Å²) < 4.78 is 0. The summed E-state index contributed by atoms with van der Waals surface area (Å²) in [5.41, 5.74) is 3.71. The van der Waals surface area contributed by atoms with Crippen LogP contribution in [0.2, 0.25) is 0 Å². The Hall–Kier alpha value is -2.41. The van der Waals surface area contributed by atoms with Crippen LogP contribution < -0.4 is 4.90 Å². The van der Waals surface area contributed by atoms with E-state index in [4.69, 9.17) is 5.26 Å². The lowest BCUT2D eigenvalue weighted by Gasteiger charge is -2.33. The third kappa shape index (κ3) is 2.23. The fourth-order valence-corrected chi connectivity index (χ4v) is 2.72. The van der Waals surface area contributed by atoms with Crippen LogP contribution >= 0.6 is 0 Å². The summed E-state index contributed by atoms with van der Waals surface area (Å²) >= 11 is 0. The maximum absolute atomic E-state index is 9.07. The van der Waals surface area contributed by atoms with E-state index in [1.807, 2.05) is 13.0 Å². The zero-order valence-corrected chi connectivity index (χ0v) is 11.7. The van der Waals surface area contributed by atoms with E-state index in [1.54, 1.807) is 6.07 Å². The molecule has 0 saturated carbocycles. The lowest BCUT2D eigenvalue weighted by molar-refractivity contribution is 0.557. The van der Waals surface area contributed by atoms with Gasteiger partial charge in [-0.2, -0.15) is 5.26 Å². The number of aromatic nitrogens is 2. The molecular weight excluding hydrogens is 248 g/mol. The van der Waals surface area contributed by atoms with Crippen molar-refractivity contribution in [2.24, 2.45) is 5.92 Å². The monoisotopic (exact) mass is 264 g/mol. The van der Waals surface area contributed by atoms with E-state index in [0.717, 1.165) is 24.3 Å². The van der Waals surface area contributed by atoms with Gasteiger partial charge in [-0.05, 0) is 37.0 Å². The van der Waals surface area contributed by atoms with E-state index in [0.29, 0.717) is 17.6 Å². The SMILES string of the molecule is Cc1cc(C#N)nc(N2CC(C)Cc3ccccc32)n1. The predicted molar refractivity (Wildman–Crippen MR) is 77.8 cm³/mol. The molecule has 3 rings (SSSR count). The highest BCUT2D eigenvalue weighted by atomic mass is 15.3. The van der Waals surface area contributed by atoms with Crippen LogP contribution in [-0.4, -0.2) is 16.5 Å². The van der Waals surface area contributed by atoms with Crippen LogP contribution in [0.3, 0.4) is 0 Å². The normalized spacial score (nSPS) is 17.4. The van der Waals surface area contributed by atoms with Gasteiger partial charge in [0, 0.05) is 17.9 Å². The van der Waals surface area contributed by atoms with Gasteiger partial charge in [0.2, 0.25) is 5.95 Å². The van der Waals surface area contributed by atoms with E-state index in [2.05, 4.69) is 46.1 Å². The second kappa shape index (κ2) is 4.93. The molecule has 1 aliphatic heterocycles. The average molecular weight is 264 g/mol. The van der Waals surface area contributed by atoms with Crippen molar-refractivity contribution in [3.63, 3.8) is 0 Å². The van der Waals surface area contributed by atoms with Crippen LogP contribution in [0.1, 0.15) is 23.9 Å². The highest BCUT2D eigenvalue weighted by molar-refractivity contribution is 5.64. The Morgan fingerprint density at radius 3 is 2.90 bits per heavy atom. The number of rotatable bonds is 1. The molecule has 1 aromatic heterocycles. The Morgan fingerprint density at radius 2 is 2.10 bits per heavy atom. The van der Waals surface area contributed by atoms with E-state index in [1.165, 1.54) is 5.56 Å². The van der Waals surface area contributed by atoms with Gasteiger partial charge in [-0.15, -0.1) is 0 Å². The van der Waals surface area contributed by atoms with Gasteiger partial charge in [-0.3, -0.25) is 0 Å². The first kappa shape index (κ1) is 12.6.